The van der Waals surface area contributed by atoms with Gasteiger partial charge in [-0.1, -0.05) is 19.9 Å². The standard InChI is InChI=1S/C19H24N2O3/c1-13(2)10-17(19(22)23)21-12-16-11-15(4-5-18(16)24-3)14-6-8-20-9-7-14/h4-9,11,13,17,21H,10,12H2,1-3H3,(H,22,23). The van der Waals surface area contributed by atoms with Gasteiger partial charge >= 0.3 is 5.97 Å². The van der Waals surface area contributed by atoms with Gasteiger partial charge < -0.3 is 15.2 Å². The first-order valence-corrected chi connectivity index (χ1v) is 8.04. The van der Waals surface area contributed by atoms with E-state index in [9.17, 15) is 9.90 Å². The van der Waals surface area contributed by atoms with Crippen molar-refractivity contribution in [3.8, 4) is 16.9 Å². The molecule has 5 nitrogen and oxygen atoms in total. The lowest BCUT2D eigenvalue weighted by Gasteiger charge is -2.18. The minimum absolute atomic E-state index is 0.309. The fraction of sp³-hybridized carbons (Fsp3) is 0.368. The highest BCUT2D eigenvalue weighted by molar-refractivity contribution is 5.73. The van der Waals surface area contributed by atoms with Crippen LogP contribution in [-0.4, -0.2) is 29.2 Å². The van der Waals surface area contributed by atoms with E-state index in [0.717, 1.165) is 22.4 Å². The van der Waals surface area contributed by atoms with Crippen molar-refractivity contribution in [1.82, 2.24) is 10.3 Å². The number of rotatable bonds is 8. The van der Waals surface area contributed by atoms with Gasteiger partial charge in [-0.3, -0.25) is 9.78 Å². The minimum Gasteiger partial charge on any atom is -0.496 e. The number of carboxylic acids is 1. The second-order valence-corrected chi connectivity index (χ2v) is 6.16. The van der Waals surface area contributed by atoms with Crippen molar-refractivity contribution < 1.29 is 14.6 Å². The van der Waals surface area contributed by atoms with E-state index in [1.807, 2.05) is 44.2 Å². The van der Waals surface area contributed by atoms with Crippen LogP contribution < -0.4 is 10.1 Å². The third-order valence-corrected chi connectivity index (χ3v) is 3.84. The van der Waals surface area contributed by atoms with Crippen molar-refractivity contribution in [2.75, 3.05) is 7.11 Å². The van der Waals surface area contributed by atoms with Crippen LogP contribution in [-0.2, 0) is 11.3 Å². The Morgan fingerprint density at radius 2 is 1.92 bits per heavy atom. The summed E-state index contributed by atoms with van der Waals surface area (Å²) in [4.78, 5) is 15.4. The SMILES string of the molecule is COc1ccc(-c2ccncc2)cc1CNC(CC(C)C)C(=O)O. The van der Waals surface area contributed by atoms with Crippen LogP contribution in [0.2, 0.25) is 0 Å². The largest absolute Gasteiger partial charge is 0.496 e. The van der Waals surface area contributed by atoms with E-state index in [1.165, 1.54) is 0 Å². The Balaban J connectivity index is 2.20. The number of pyridine rings is 1. The van der Waals surface area contributed by atoms with Gasteiger partial charge in [0.1, 0.15) is 11.8 Å². The summed E-state index contributed by atoms with van der Waals surface area (Å²) in [5.74, 6) is 0.227. The maximum Gasteiger partial charge on any atom is 0.320 e. The molecular formula is C19H24N2O3. The maximum absolute atomic E-state index is 11.4. The Labute approximate surface area is 142 Å². The zero-order chi connectivity index (χ0) is 17.5. The molecule has 0 bridgehead atoms. The first-order valence-electron chi connectivity index (χ1n) is 8.04. The maximum atomic E-state index is 11.4. The van der Waals surface area contributed by atoms with E-state index in [0.29, 0.717) is 18.9 Å². The van der Waals surface area contributed by atoms with Crippen LogP contribution >= 0.6 is 0 Å². The number of nitrogens with one attached hydrogen (secondary N) is 1. The molecule has 0 saturated carbocycles. The Morgan fingerprint density at radius 1 is 1.21 bits per heavy atom. The second kappa shape index (κ2) is 8.45. The second-order valence-electron chi connectivity index (χ2n) is 6.16. The van der Waals surface area contributed by atoms with Crippen LogP contribution in [0.5, 0.6) is 5.75 Å². The molecule has 0 spiro atoms. The molecule has 0 aliphatic heterocycles. The van der Waals surface area contributed by atoms with Crippen LogP contribution in [0.15, 0.2) is 42.7 Å². The lowest BCUT2D eigenvalue weighted by Crippen LogP contribution is -2.37. The quantitative estimate of drug-likeness (QED) is 0.777. The average Bonchev–Trinajstić information content (AvgIpc) is 2.58. The molecule has 5 heteroatoms. The van der Waals surface area contributed by atoms with Gasteiger partial charge in [-0.2, -0.15) is 0 Å². The molecule has 0 aliphatic carbocycles. The molecule has 1 heterocycles. The molecular weight excluding hydrogens is 304 g/mol. The monoisotopic (exact) mass is 328 g/mol. The van der Waals surface area contributed by atoms with Gasteiger partial charge in [-0.05, 0) is 47.7 Å². The van der Waals surface area contributed by atoms with Crippen LogP contribution in [0.1, 0.15) is 25.8 Å². The number of nitrogens with zero attached hydrogens (tertiary/aromatic N) is 1. The van der Waals surface area contributed by atoms with E-state index in [1.54, 1.807) is 19.5 Å². The van der Waals surface area contributed by atoms with E-state index in [4.69, 9.17) is 4.74 Å². The molecule has 0 aliphatic rings. The summed E-state index contributed by atoms with van der Waals surface area (Å²) in [5, 5.41) is 12.5. The molecule has 1 aromatic heterocycles. The molecule has 2 N–H and O–H groups in total. The third-order valence-electron chi connectivity index (χ3n) is 3.84. The van der Waals surface area contributed by atoms with Crippen molar-refractivity contribution in [2.24, 2.45) is 5.92 Å². The van der Waals surface area contributed by atoms with Crippen LogP contribution in [0.4, 0.5) is 0 Å². The Morgan fingerprint density at radius 3 is 2.50 bits per heavy atom. The average molecular weight is 328 g/mol. The molecule has 1 unspecified atom stereocenters. The molecule has 128 valence electrons. The van der Waals surface area contributed by atoms with Gasteiger partial charge in [0, 0.05) is 24.5 Å². The van der Waals surface area contributed by atoms with Crippen molar-refractivity contribution in [1.29, 1.82) is 0 Å². The first-order chi connectivity index (χ1) is 11.5. The number of hydrogen-bond donors (Lipinski definition) is 2. The Kier molecular flexibility index (Phi) is 6.32. The molecule has 0 saturated heterocycles. The third kappa shape index (κ3) is 4.80. The number of carboxylic acid groups (broad SMARTS) is 1. The summed E-state index contributed by atoms with van der Waals surface area (Å²) in [7, 11) is 1.62. The Hall–Kier alpha value is -2.40. The summed E-state index contributed by atoms with van der Waals surface area (Å²) < 4.78 is 5.41. The highest BCUT2D eigenvalue weighted by Crippen LogP contribution is 2.26. The zero-order valence-corrected chi connectivity index (χ0v) is 14.3. The lowest BCUT2D eigenvalue weighted by atomic mass is 10.0. The molecule has 0 radical (unpaired) electrons. The summed E-state index contributed by atoms with van der Waals surface area (Å²) >= 11 is 0. The van der Waals surface area contributed by atoms with Gasteiger partial charge in [0.2, 0.25) is 0 Å². The normalized spacial score (nSPS) is 12.2. The predicted molar refractivity (Wildman–Crippen MR) is 93.9 cm³/mol. The van der Waals surface area contributed by atoms with Crippen LogP contribution in [0.3, 0.4) is 0 Å². The highest BCUT2D eigenvalue weighted by atomic mass is 16.5. The van der Waals surface area contributed by atoms with E-state index in [2.05, 4.69) is 10.3 Å². The number of ether oxygens (including phenoxy) is 1. The molecule has 1 atom stereocenters. The first kappa shape index (κ1) is 17.9. The summed E-state index contributed by atoms with van der Waals surface area (Å²) in [6, 6.07) is 9.23. The van der Waals surface area contributed by atoms with Crippen LogP contribution in [0.25, 0.3) is 11.1 Å². The van der Waals surface area contributed by atoms with Gasteiger partial charge in [0.25, 0.3) is 0 Å². The molecule has 0 amide bonds. The fourth-order valence-corrected chi connectivity index (χ4v) is 2.62. The van der Waals surface area contributed by atoms with E-state index < -0.39 is 12.0 Å². The number of methoxy groups -OCH3 is 1. The number of carbonyl (C=O) groups is 1. The van der Waals surface area contributed by atoms with Crippen molar-refractivity contribution in [3.05, 3.63) is 48.3 Å². The predicted octanol–water partition coefficient (Wildman–Crippen LogP) is 3.35. The fourth-order valence-electron chi connectivity index (χ4n) is 2.62. The van der Waals surface area contributed by atoms with Crippen LogP contribution in [0, 0.1) is 5.92 Å². The van der Waals surface area contributed by atoms with Crippen molar-refractivity contribution in [3.63, 3.8) is 0 Å². The number of aliphatic carboxylic acids is 1. The molecule has 1 aromatic carbocycles. The summed E-state index contributed by atoms with van der Waals surface area (Å²) in [6.07, 6.45) is 4.09. The van der Waals surface area contributed by atoms with Gasteiger partial charge in [-0.25, -0.2) is 0 Å². The van der Waals surface area contributed by atoms with Gasteiger partial charge in [-0.15, -0.1) is 0 Å². The molecule has 2 aromatic rings. The van der Waals surface area contributed by atoms with E-state index in [-0.39, 0.29) is 0 Å². The zero-order valence-electron chi connectivity index (χ0n) is 14.3. The lowest BCUT2D eigenvalue weighted by molar-refractivity contribution is -0.140. The number of aromatic nitrogens is 1. The number of hydrogen-bond acceptors (Lipinski definition) is 4. The van der Waals surface area contributed by atoms with Gasteiger partial charge in [0.15, 0.2) is 0 Å². The highest BCUT2D eigenvalue weighted by Gasteiger charge is 2.19. The number of benzene rings is 1. The topological polar surface area (TPSA) is 71.5 Å². The van der Waals surface area contributed by atoms with Gasteiger partial charge in [0.05, 0.1) is 7.11 Å². The Bertz CT molecular complexity index is 672. The minimum atomic E-state index is -0.826. The molecule has 2 rings (SSSR count). The summed E-state index contributed by atoms with van der Waals surface area (Å²) in [6.45, 7) is 4.47. The van der Waals surface area contributed by atoms with Crippen molar-refractivity contribution in [2.45, 2.75) is 32.9 Å². The van der Waals surface area contributed by atoms with Crippen molar-refractivity contribution >= 4 is 5.97 Å². The van der Waals surface area contributed by atoms with E-state index >= 15 is 0 Å². The molecule has 0 fully saturated rings. The summed E-state index contributed by atoms with van der Waals surface area (Å²) in [5.41, 5.74) is 3.04. The molecule has 24 heavy (non-hydrogen) atoms. The smallest absolute Gasteiger partial charge is 0.320 e.